The van der Waals surface area contributed by atoms with Crippen LogP contribution in [0.15, 0.2) is 66.7 Å². The predicted octanol–water partition coefficient (Wildman–Crippen LogP) is 5.98. The van der Waals surface area contributed by atoms with E-state index < -0.39 is 29.7 Å². The van der Waals surface area contributed by atoms with Crippen LogP contribution in [-0.2, 0) is 11.0 Å². The number of hydrogen-bond donors (Lipinski definition) is 2. The maximum absolute atomic E-state index is 12.9. The second-order valence-corrected chi connectivity index (χ2v) is 7.63. The maximum atomic E-state index is 12.9. The van der Waals surface area contributed by atoms with Crippen molar-refractivity contribution in [3.63, 3.8) is 0 Å². The quantitative estimate of drug-likeness (QED) is 0.480. The summed E-state index contributed by atoms with van der Waals surface area (Å²) in [5, 5.41) is 5.13. The summed E-state index contributed by atoms with van der Waals surface area (Å²) in [5.41, 5.74) is 1.58. The molecule has 1 unspecified atom stereocenters. The lowest BCUT2D eigenvalue weighted by atomic mass is 10.1. The van der Waals surface area contributed by atoms with Gasteiger partial charge in [-0.2, -0.15) is 13.2 Å². The van der Waals surface area contributed by atoms with E-state index in [0.717, 1.165) is 23.3 Å². The van der Waals surface area contributed by atoms with Crippen LogP contribution in [0, 0.1) is 13.8 Å². The molecule has 172 valence electrons. The largest absolute Gasteiger partial charge is 0.481 e. The number of carbonyl (C=O) groups is 2. The predicted molar refractivity (Wildman–Crippen MR) is 120 cm³/mol. The summed E-state index contributed by atoms with van der Waals surface area (Å²) < 4.78 is 44.4. The van der Waals surface area contributed by atoms with Crippen molar-refractivity contribution >= 4 is 23.2 Å². The number of anilines is 2. The molecule has 0 fully saturated rings. The molecule has 0 saturated carbocycles. The zero-order valence-corrected chi connectivity index (χ0v) is 18.3. The summed E-state index contributed by atoms with van der Waals surface area (Å²) in [6, 6.07) is 16.2. The van der Waals surface area contributed by atoms with Crippen molar-refractivity contribution in [2.24, 2.45) is 0 Å². The monoisotopic (exact) mass is 456 g/mol. The minimum absolute atomic E-state index is 0.0137. The van der Waals surface area contributed by atoms with Crippen molar-refractivity contribution in [2.75, 3.05) is 10.6 Å². The Balaban J connectivity index is 1.67. The number of hydrogen-bond acceptors (Lipinski definition) is 3. The Kier molecular flexibility index (Phi) is 7.06. The van der Waals surface area contributed by atoms with Crippen LogP contribution in [0.4, 0.5) is 24.5 Å². The van der Waals surface area contributed by atoms with Gasteiger partial charge in [0.25, 0.3) is 11.8 Å². The third-order valence-corrected chi connectivity index (χ3v) is 4.86. The van der Waals surface area contributed by atoms with Gasteiger partial charge >= 0.3 is 6.18 Å². The van der Waals surface area contributed by atoms with Crippen LogP contribution in [-0.4, -0.2) is 17.9 Å². The van der Waals surface area contributed by atoms with Crippen LogP contribution in [0.25, 0.3) is 0 Å². The van der Waals surface area contributed by atoms with E-state index >= 15 is 0 Å². The summed E-state index contributed by atoms with van der Waals surface area (Å²) in [7, 11) is 0. The number of halogens is 3. The van der Waals surface area contributed by atoms with Crippen LogP contribution >= 0.6 is 0 Å². The molecule has 2 amide bonds. The molecule has 33 heavy (non-hydrogen) atoms. The van der Waals surface area contributed by atoms with E-state index in [1.165, 1.54) is 24.3 Å². The maximum Gasteiger partial charge on any atom is 0.416 e. The molecule has 0 aliphatic carbocycles. The van der Waals surface area contributed by atoms with Crippen molar-refractivity contribution in [1.82, 2.24) is 0 Å². The van der Waals surface area contributed by atoms with Crippen molar-refractivity contribution in [1.29, 1.82) is 0 Å². The number of benzene rings is 3. The first kappa shape index (κ1) is 23.8. The van der Waals surface area contributed by atoms with Crippen LogP contribution in [0.2, 0.25) is 0 Å². The first-order valence-electron chi connectivity index (χ1n) is 10.2. The van der Waals surface area contributed by atoms with Gasteiger partial charge in [0.15, 0.2) is 6.10 Å². The second-order valence-electron chi connectivity index (χ2n) is 7.63. The molecule has 0 bridgehead atoms. The van der Waals surface area contributed by atoms with E-state index in [9.17, 15) is 22.8 Å². The summed E-state index contributed by atoms with van der Waals surface area (Å²) in [4.78, 5) is 25.1. The number of amides is 2. The summed E-state index contributed by atoms with van der Waals surface area (Å²) in [6.07, 6.45) is -5.31. The Bertz CT molecular complexity index is 1180. The van der Waals surface area contributed by atoms with Gasteiger partial charge in [-0.1, -0.05) is 24.3 Å². The van der Waals surface area contributed by atoms with Crippen molar-refractivity contribution < 1.29 is 27.5 Å². The molecule has 8 heteroatoms. The Morgan fingerprint density at radius 1 is 0.879 bits per heavy atom. The molecule has 0 saturated heterocycles. The minimum atomic E-state index is -4.51. The Morgan fingerprint density at radius 2 is 1.55 bits per heavy atom. The summed E-state index contributed by atoms with van der Waals surface area (Å²) in [5.74, 6) is -0.414. The highest BCUT2D eigenvalue weighted by Gasteiger charge is 2.30. The summed E-state index contributed by atoms with van der Waals surface area (Å²) >= 11 is 0. The van der Waals surface area contributed by atoms with Crippen LogP contribution in [0.5, 0.6) is 5.75 Å². The van der Waals surface area contributed by atoms with Gasteiger partial charge in [0.2, 0.25) is 0 Å². The molecule has 0 radical (unpaired) electrons. The first-order valence-corrected chi connectivity index (χ1v) is 10.2. The average molecular weight is 456 g/mol. The van der Waals surface area contributed by atoms with E-state index in [1.807, 2.05) is 32.0 Å². The van der Waals surface area contributed by atoms with Gasteiger partial charge in [-0.05, 0) is 74.4 Å². The zero-order valence-electron chi connectivity index (χ0n) is 18.3. The third-order valence-electron chi connectivity index (χ3n) is 4.86. The fraction of sp³-hybridized carbons (Fsp3) is 0.200. The van der Waals surface area contributed by atoms with Gasteiger partial charge in [-0.25, -0.2) is 0 Å². The van der Waals surface area contributed by atoms with E-state index in [-0.39, 0.29) is 11.3 Å². The van der Waals surface area contributed by atoms with Gasteiger partial charge in [0.1, 0.15) is 5.75 Å². The molecule has 3 aromatic carbocycles. The first-order chi connectivity index (χ1) is 15.5. The van der Waals surface area contributed by atoms with Gasteiger partial charge in [0.05, 0.1) is 5.56 Å². The van der Waals surface area contributed by atoms with E-state index in [2.05, 4.69) is 10.6 Å². The molecule has 0 spiro atoms. The molecule has 3 rings (SSSR count). The molecule has 0 heterocycles. The smallest absolute Gasteiger partial charge is 0.416 e. The standard InChI is InChI=1S/C25H23F3N2O3/c1-15-10-11-16(2)22(12-15)33-17(3)23(31)29-20-8-4-6-18(13-20)24(32)30-21-9-5-7-19(14-21)25(26,27)28/h4-14,17H,1-3H3,(H,29,31)(H,30,32). The molecule has 5 nitrogen and oxygen atoms in total. The Morgan fingerprint density at radius 3 is 2.24 bits per heavy atom. The fourth-order valence-electron chi connectivity index (χ4n) is 3.04. The van der Waals surface area contributed by atoms with Crippen LogP contribution in [0.3, 0.4) is 0 Å². The van der Waals surface area contributed by atoms with Gasteiger partial charge < -0.3 is 15.4 Å². The second kappa shape index (κ2) is 9.77. The molecule has 1 atom stereocenters. The Hall–Kier alpha value is -3.81. The van der Waals surface area contributed by atoms with Gasteiger partial charge in [-0.15, -0.1) is 0 Å². The SMILES string of the molecule is Cc1ccc(C)c(OC(C)C(=O)Nc2cccc(C(=O)Nc3cccc(C(F)(F)F)c3)c2)c1. The van der Waals surface area contributed by atoms with E-state index in [0.29, 0.717) is 11.4 Å². The number of rotatable bonds is 6. The lowest BCUT2D eigenvalue weighted by molar-refractivity contribution is -0.137. The van der Waals surface area contributed by atoms with E-state index in [4.69, 9.17) is 4.74 Å². The Labute approximate surface area is 189 Å². The molecule has 0 aromatic heterocycles. The molecule has 0 aliphatic rings. The molecular weight excluding hydrogens is 433 g/mol. The minimum Gasteiger partial charge on any atom is -0.481 e. The van der Waals surface area contributed by atoms with Crippen LogP contribution < -0.4 is 15.4 Å². The number of alkyl halides is 3. The van der Waals surface area contributed by atoms with Crippen molar-refractivity contribution in [3.8, 4) is 5.75 Å². The molecule has 2 N–H and O–H groups in total. The number of nitrogens with one attached hydrogen (secondary N) is 2. The van der Waals surface area contributed by atoms with Crippen molar-refractivity contribution in [3.05, 3.63) is 89.0 Å². The highest BCUT2D eigenvalue weighted by atomic mass is 19.4. The molecule has 3 aromatic rings. The third kappa shape index (κ3) is 6.35. The fourth-order valence-corrected chi connectivity index (χ4v) is 3.04. The van der Waals surface area contributed by atoms with Gasteiger partial charge in [0, 0.05) is 16.9 Å². The lowest BCUT2D eigenvalue weighted by Gasteiger charge is -2.17. The normalized spacial score (nSPS) is 12.1. The van der Waals surface area contributed by atoms with Gasteiger partial charge in [-0.3, -0.25) is 9.59 Å². The zero-order chi connectivity index (χ0) is 24.2. The number of carbonyl (C=O) groups excluding carboxylic acids is 2. The number of ether oxygens (including phenoxy) is 1. The lowest BCUT2D eigenvalue weighted by Crippen LogP contribution is -2.30. The average Bonchev–Trinajstić information content (AvgIpc) is 2.76. The topological polar surface area (TPSA) is 67.4 Å². The highest BCUT2D eigenvalue weighted by Crippen LogP contribution is 2.30. The van der Waals surface area contributed by atoms with Crippen molar-refractivity contribution in [2.45, 2.75) is 33.1 Å². The highest BCUT2D eigenvalue weighted by molar-refractivity contribution is 6.05. The molecule has 0 aliphatic heterocycles. The summed E-state index contributed by atoms with van der Waals surface area (Å²) in [6.45, 7) is 5.42. The van der Waals surface area contributed by atoms with Crippen LogP contribution in [0.1, 0.15) is 34.0 Å². The van der Waals surface area contributed by atoms with E-state index in [1.54, 1.807) is 19.1 Å². The molecular formula is C25H23F3N2O3. The number of aryl methyl sites for hydroxylation is 2.